The number of amides is 1. The van der Waals surface area contributed by atoms with E-state index in [-0.39, 0.29) is 5.91 Å². The van der Waals surface area contributed by atoms with E-state index in [1.54, 1.807) is 6.20 Å². The van der Waals surface area contributed by atoms with E-state index in [0.29, 0.717) is 19.4 Å². The number of aliphatic carboxylic acids is 1. The van der Waals surface area contributed by atoms with Gasteiger partial charge < -0.3 is 10.4 Å². The standard InChI is InChI=1S/C14H18N2O3/c17-13(16-9-10-5-3-4-8-15-10)11-6-1-2-7-12(11)14(18)19/h3-5,8,11-12H,1-2,6-7,9H2,(H,16,17)(H,18,19)/t11-,12+/m1/s1. The van der Waals surface area contributed by atoms with Crippen LogP contribution in [0.2, 0.25) is 0 Å². The van der Waals surface area contributed by atoms with E-state index in [0.717, 1.165) is 18.5 Å². The smallest absolute Gasteiger partial charge is 0.307 e. The van der Waals surface area contributed by atoms with Crippen molar-refractivity contribution < 1.29 is 14.7 Å². The van der Waals surface area contributed by atoms with Crippen molar-refractivity contribution in [3.63, 3.8) is 0 Å². The van der Waals surface area contributed by atoms with Gasteiger partial charge in [0, 0.05) is 6.20 Å². The molecule has 1 fully saturated rings. The zero-order chi connectivity index (χ0) is 13.7. The van der Waals surface area contributed by atoms with Gasteiger partial charge in [-0.05, 0) is 25.0 Å². The van der Waals surface area contributed by atoms with Crippen LogP contribution in [0.4, 0.5) is 0 Å². The maximum absolute atomic E-state index is 12.1. The Morgan fingerprint density at radius 1 is 1.26 bits per heavy atom. The molecule has 2 atom stereocenters. The van der Waals surface area contributed by atoms with Gasteiger partial charge in [0.2, 0.25) is 5.91 Å². The average Bonchev–Trinajstić information content (AvgIpc) is 2.46. The summed E-state index contributed by atoms with van der Waals surface area (Å²) in [7, 11) is 0. The molecule has 0 bridgehead atoms. The summed E-state index contributed by atoms with van der Waals surface area (Å²) in [5.74, 6) is -1.98. The molecule has 0 aliphatic heterocycles. The maximum Gasteiger partial charge on any atom is 0.307 e. The molecule has 0 spiro atoms. The Morgan fingerprint density at radius 2 is 2.00 bits per heavy atom. The summed E-state index contributed by atoms with van der Waals surface area (Å²) in [6, 6.07) is 5.50. The highest BCUT2D eigenvalue weighted by Gasteiger charge is 2.35. The van der Waals surface area contributed by atoms with Crippen LogP contribution in [0.25, 0.3) is 0 Å². The minimum atomic E-state index is -0.863. The Hall–Kier alpha value is -1.91. The summed E-state index contributed by atoms with van der Waals surface area (Å²) >= 11 is 0. The van der Waals surface area contributed by atoms with E-state index >= 15 is 0 Å². The molecule has 19 heavy (non-hydrogen) atoms. The fraction of sp³-hybridized carbons (Fsp3) is 0.500. The number of nitrogens with one attached hydrogen (secondary N) is 1. The third-order valence-electron chi connectivity index (χ3n) is 3.59. The molecule has 5 heteroatoms. The summed E-state index contributed by atoms with van der Waals surface area (Å²) in [6.07, 6.45) is 4.73. The number of carbonyl (C=O) groups is 2. The zero-order valence-corrected chi connectivity index (χ0v) is 10.7. The van der Waals surface area contributed by atoms with E-state index < -0.39 is 17.8 Å². The molecule has 1 saturated carbocycles. The molecule has 0 saturated heterocycles. The first kappa shape index (κ1) is 13.5. The Balaban J connectivity index is 1.93. The predicted molar refractivity (Wildman–Crippen MR) is 69.2 cm³/mol. The molecule has 102 valence electrons. The number of aromatic nitrogens is 1. The van der Waals surface area contributed by atoms with Crippen LogP contribution in [0.5, 0.6) is 0 Å². The molecule has 1 aromatic heterocycles. The highest BCUT2D eigenvalue weighted by molar-refractivity contribution is 5.84. The van der Waals surface area contributed by atoms with Gasteiger partial charge in [-0.1, -0.05) is 18.9 Å². The summed E-state index contributed by atoms with van der Waals surface area (Å²) in [5, 5.41) is 11.9. The van der Waals surface area contributed by atoms with Gasteiger partial charge in [0.25, 0.3) is 0 Å². The third-order valence-corrected chi connectivity index (χ3v) is 3.59. The van der Waals surface area contributed by atoms with E-state index in [1.807, 2.05) is 18.2 Å². The lowest BCUT2D eigenvalue weighted by Gasteiger charge is -2.27. The van der Waals surface area contributed by atoms with Crippen molar-refractivity contribution in [1.29, 1.82) is 0 Å². The van der Waals surface area contributed by atoms with E-state index in [2.05, 4.69) is 10.3 Å². The predicted octanol–water partition coefficient (Wildman–Crippen LogP) is 1.59. The van der Waals surface area contributed by atoms with Gasteiger partial charge in [0.15, 0.2) is 0 Å². The highest BCUT2D eigenvalue weighted by atomic mass is 16.4. The highest BCUT2D eigenvalue weighted by Crippen LogP contribution is 2.30. The molecule has 2 rings (SSSR count). The molecule has 1 aliphatic rings. The number of carboxylic acid groups (broad SMARTS) is 1. The Kier molecular flexibility index (Phi) is 4.49. The summed E-state index contributed by atoms with van der Waals surface area (Å²) in [4.78, 5) is 27.4. The van der Waals surface area contributed by atoms with Crippen LogP contribution < -0.4 is 5.32 Å². The normalized spacial score (nSPS) is 22.7. The van der Waals surface area contributed by atoms with Crippen molar-refractivity contribution in [1.82, 2.24) is 10.3 Å². The van der Waals surface area contributed by atoms with E-state index in [4.69, 9.17) is 5.11 Å². The first-order valence-corrected chi connectivity index (χ1v) is 6.59. The molecule has 1 aromatic rings. The second kappa shape index (κ2) is 6.31. The first-order valence-electron chi connectivity index (χ1n) is 6.59. The van der Waals surface area contributed by atoms with Crippen LogP contribution in [-0.4, -0.2) is 22.0 Å². The number of hydrogen-bond acceptors (Lipinski definition) is 3. The largest absolute Gasteiger partial charge is 0.481 e. The molecule has 2 N–H and O–H groups in total. The van der Waals surface area contributed by atoms with Gasteiger partial charge in [-0.3, -0.25) is 14.6 Å². The number of hydrogen-bond donors (Lipinski definition) is 2. The summed E-state index contributed by atoms with van der Waals surface area (Å²) in [6.45, 7) is 0.350. The van der Waals surface area contributed by atoms with Crippen LogP contribution >= 0.6 is 0 Å². The van der Waals surface area contributed by atoms with Crippen molar-refractivity contribution in [2.75, 3.05) is 0 Å². The SMILES string of the molecule is O=C(O)[C@H]1CCCC[C@H]1C(=O)NCc1ccccn1. The van der Waals surface area contributed by atoms with Crippen molar-refractivity contribution in [3.05, 3.63) is 30.1 Å². The van der Waals surface area contributed by atoms with Crippen molar-refractivity contribution in [2.24, 2.45) is 11.8 Å². The number of nitrogens with zero attached hydrogens (tertiary/aromatic N) is 1. The van der Waals surface area contributed by atoms with Gasteiger partial charge in [-0.25, -0.2) is 0 Å². The van der Waals surface area contributed by atoms with Crippen molar-refractivity contribution >= 4 is 11.9 Å². The molecule has 1 amide bonds. The van der Waals surface area contributed by atoms with Gasteiger partial charge in [-0.2, -0.15) is 0 Å². The van der Waals surface area contributed by atoms with E-state index in [1.165, 1.54) is 0 Å². The van der Waals surface area contributed by atoms with Gasteiger partial charge in [0.05, 0.1) is 24.1 Å². The van der Waals surface area contributed by atoms with Gasteiger partial charge in [0.1, 0.15) is 0 Å². The fourth-order valence-electron chi connectivity index (χ4n) is 2.55. The maximum atomic E-state index is 12.1. The number of carbonyl (C=O) groups excluding carboxylic acids is 1. The molecular weight excluding hydrogens is 244 g/mol. The molecular formula is C14H18N2O3. The van der Waals surface area contributed by atoms with Crippen LogP contribution in [0.15, 0.2) is 24.4 Å². The molecule has 0 unspecified atom stereocenters. The molecule has 1 heterocycles. The second-order valence-corrected chi connectivity index (χ2v) is 4.87. The van der Waals surface area contributed by atoms with Crippen LogP contribution in [-0.2, 0) is 16.1 Å². The summed E-state index contributed by atoms with van der Waals surface area (Å²) < 4.78 is 0. The lowest BCUT2D eigenvalue weighted by Crippen LogP contribution is -2.39. The minimum absolute atomic E-state index is 0.169. The Labute approximate surface area is 112 Å². The second-order valence-electron chi connectivity index (χ2n) is 4.87. The fourth-order valence-corrected chi connectivity index (χ4v) is 2.55. The van der Waals surface area contributed by atoms with Crippen LogP contribution in [0.1, 0.15) is 31.4 Å². The van der Waals surface area contributed by atoms with Crippen molar-refractivity contribution in [2.45, 2.75) is 32.2 Å². The zero-order valence-electron chi connectivity index (χ0n) is 10.7. The average molecular weight is 262 g/mol. The number of carboxylic acids is 1. The van der Waals surface area contributed by atoms with Crippen LogP contribution in [0, 0.1) is 11.8 Å². The first-order chi connectivity index (χ1) is 9.18. The summed E-state index contributed by atoms with van der Waals surface area (Å²) in [5.41, 5.74) is 0.776. The van der Waals surface area contributed by atoms with Gasteiger partial charge >= 0.3 is 5.97 Å². The van der Waals surface area contributed by atoms with Crippen molar-refractivity contribution in [3.8, 4) is 0 Å². The van der Waals surface area contributed by atoms with E-state index in [9.17, 15) is 9.59 Å². The van der Waals surface area contributed by atoms with Crippen LogP contribution in [0.3, 0.4) is 0 Å². The molecule has 0 radical (unpaired) electrons. The number of pyridine rings is 1. The lowest BCUT2D eigenvalue weighted by atomic mass is 9.78. The monoisotopic (exact) mass is 262 g/mol. The lowest BCUT2D eigenvalue weighted by molar-refractivity contribution is -0.148. The molecule has 1 aliphatic carbocycles. The quantitative estimate of drug-likeness (QED) is 0.863. The Bertz CT molecular complexity index is 447. The molecule has 5 nitrogen and oxygen atoms in total. The number of rotatable bonds is 4. The Morgan fingerprint density at radius 3 is 2.63 bits per heavy atom. The minimum Gasteiger partial charge on any atom is -0.481 e. The van der Waals surface area contributed by atoms with Gasteiger partial charge in [-0.15, -0.1) is 0 Å². The molecule has 0 aromatic carbocycles. The topological polar surface area (TPSA) is 79.3 Å². The third kappa shape index (κ3) is 3.53.